The zero-order valence-corrected chi connectivity index (χ0v) is 18.8. The number of hydrogen-bond donors (Lipinski definition) is 2. The minimum absolute atomic E-state index is 0.0573. The second-order valence-electron chi connectivity index (χ2n) is 7.28. The van der Waals surface area contributed by atoms with E-state index >= 15 is 0 Å². The Morgan fingerprint density at radius 2 is 1.88 bits per heavy atom. The summed E-state index contributed by atoms with van der Waals surface area (Å²) in [5, 5.41) is 9.25. The lowest BCUT2D eigenvalue weighted by atomic mass is 9.93. The Kier molecular flexibility index (Phi) is 8.21. The molecule has 1 heterocycles. The molecule has 0 fully saturated rings. The lowest BCUT2D eigenvalue weighted by Crippen LogP contribution is -2.28. The molecule has 0 amide bonds. The molecule has 0 saturated carbocycles. The minimum Gasteiger partial charge on any atom is -0.478 e. The number of hydrogen-bond acceptors (Lipinski definition) is 4. The van der Waals surface area contributed by atoms with Gasteiger partial charge in [-0.05, 0) is 60.2 Å². The topological polar surface area (TPSA) is 101 Å². The quantitative estimate of drug-likeness (QED) is 0.407. The molecule has 0 saturated heterocycles. The number of carboxylic acids is 1. The van der Waals surface area contributed by atoms with E-state index in [2.05, 4.69) is 9.71 Å². The molecule has 2 N–H and O–H groups in total. The maximum Gasteiger partial charge on any atom is 0.328 e. The average molecular weight is 474 g/mol. The van der Waals surface area contributed by atoms with Crippen molar-refractivity contribution in [2.24, 2.45) is 0 Å². The van der Waals surface area contributed by atoms with Gasteiger partial charge in [-0.1, -0.05) is 35.9 Å². The Bertz CT molecular complexity index is 1140. The molecule has 3 rings (SSSR count). The molecule has 1 atom stereocenters. The van der Waals surface area contributed by atoms with Crippen molar-refractivity contribution in [3.05, 3.63) is 89.5 Å². The number of nitrogens with one attached hydrogen (secondary N) is 1. The van der Waals surface area contributed by atoms with Crippen LogP contribution in [-0.4, -0.2) is 35.6 Å². The molecule has 2 aromatic carbocycles. The van der Waals surface area contributed by atoms with Crippen LogP contribution in [0.2, 0.25) is 5.02 Å². The van der Waals surface area contributed by atoms with Crippen LogP contribution in [0, 0.1) is 0 Å². The number of halogens is 1. The molecule has 168 valence electrons. The monoisotopic (exact) mass is 473 g/mol. The van der Waals surface area contributed by atoms with Gasteiger partial charge < -0.3 is 9.67 Å². The summed E-state index contributed by atoms with van der Waals surface area (Å²) in [7, 11) is -3.67. The maximum atomic E-state index is 12.7. The van der Waals surface area contributed by atoms with E-state index < -0.39 is 16.0 Å². The van der Waals surface area contributed by atoms with Gasteiger partial charge in [-0.2, -0.15) is 0 Å². The van der Waals surface area contributed by atoms with Crippen LogP contribution in [-0.2, 0) is 21.4 Å². The smallest absolute Gasteiger partial charge is 0.328 e. The van der Waals surface area contributed by atoms with Gasteiger partial charge in [0, 0.05) is 36.6 Å². The van der Waals surface area contributed by atoms with E-state index in [4.69, 9.17) is 16.7 Å². The fourth-order valence-electron chi connectivity index (χ4n) is 3.28. The first-order chi connectivity index (χ1) is 15.3. The van der Waals surface area contributed by atoms with E-state index in [1.165, 1.54) is 18.2 Å². The summed E-state index contributed by atoms with van der Waals surface area (Å²) in [6.45, 7) is 1.01. The standard InChI is InChI=1S/C23H24ClN3O4S/c24-21-8-10-22(11-9-21)32(30,31)26-16-20(2-1-14-27-15-13-25-17-27)19-6-3-18(4-7-19)5-12-23(28)29/h3-13,15,17,20,26H,1-2,14,16H2,(H,28,29). The van der Waals surface area contributed by atoms with Crippen LogP contribution in [0.25, 0.3) is 6.08 Å². The van der Waals surface area contributed by atoms with E-state index in [-0.39, 0.29) is 17.4 Å². The summed E-state index contributed by atoms with van der Waals surface area (Å²) in [6, 6.07) is 13.5. The van der Waals surface area contributed by atoms with Gasteiger partial charge in [-0.15, -0.1) is 0 Å². The van der Waals surface area contributed by atoms with Gasteiger partial charge in [-0.25, -0.2) is 22.9 Å². The van der Waals surface area contributed by atoms with Crippen LogP contribution < -0.4 is 4.72 Å². The second kappa shape index (κ2) is 11.1. The number of nitrogens with zero attached hydrogens (tertiary/aromatic N) is 2. The van der Waals surface area contributed by atoms with Crippen LogP contribution in [0.3, 0.4) is 0 Å². The molecule has 0 spiro atoms. The van der Waals surface area contributed by atoms with Crippen molar-refractivity contribution in [2.75, 3.05) is 6.54 Å². The maximum absolute atomic E-state index is 12.7. The van der Waals surface area contributed by atoms with Crippen molar-refractivity contribution >= 4 is 33.7 Å². The first kappa shape index (κ1) is 23.7. The van der Waals surface area contributed by atoms with Gasteiger partial charge in [0.25, 0.3) is 0 Å². The molecule has 1 aromatic heterocycles. The van der Waals surface area contributed by atoms with Gasteiger partial charge in [0.1, 0.15) is 0 Å². The van der Waals surface area contributed by atoms with E-state index in [0.717, 1.165) is 36.6 Å². The SMILES string of the molecule is O=C(O)C=Cc1ccc(C(CCCn2ccnc2)CNS(=O)(=O)c2ccc(Cl)cc2)cc1. The molecule has 9 heteroatoms. The highest BCUT2D eigenvalue weighted by molar-refractivity contribution is 7.89. The second-order valence-corrected chi connectivity index (χ2v) is 9.49. The first-order valence-electron chi connectivity index (χ1n) is 10.1. The third-order valence-electron chi connectivity index (χ3n) is 5.00. The van der Waals surface area contributed by atoms with Gasteiger partial charge in [0.2, 0.25) is 10.0 Å². The third-order valence-corrected chi connectivity index (χ3v) is 6.69. The molecular formula is C23H24ClN3O4S. The molecular weight excluding hydrogens is 450 g/mol. The van der Waals surface area contributed by atoms with E-state index in [0.29, 0.717) is 5.02 Å². The molecule has 32 heavy (non-hydrogen) atoms. The largest absolute Gasteiger partial charge is 0.478 e. The van der Waals surface area contributed by atoms with E-state index in [1.54, 1.807) is 24.7 Å². The van der Waals surface area contributed by atoms with Gasteiger partial charge in [-0.3, -0.25) is 0 Å². The number of rotatable bonds is 11. The molecule has 0 bridgehead atoms. The van der Waals surface area contributed by atoms with E-state index in [9.17, 15) is 13.2 Å². The number of carbonyl (C=O) groups is 1. The van der Waals surface area contributed by atoms with Crippen molar-refractivity contribution in [2.45, 2.75) is 30.2 Å². The number of benzene rings is 2. The lowest BCUT2D eigenvalue weighted by Gasteiger charge is -2.19. The van der Waals surface area contributed by atoms with Crippen molar-refractivity contribution in [3.8, 4) is 0 Å². The van der Waals surface area contributed by atoms with Crippen molar-refractivity contribution in [3.63, 3.8) is 0 Å². The zero-order valence-electron chi connectivity index (χ0n) is 17.3. The Labute approximate surface area is 192 Å². The predicted molar refractivity (Wildman–Crippen MR) is 124 cm³/mol. The molecule has 1 unspecified atom stereocenters. The zero-order chi connectivity index (χ0) is 23.0. The Balaban J connectivity index is 1.72. The molecule has 0 aliphatic rings. The third kappa shape index (κ3) is 7.05. The number of sulfonamides is 1. The first-order valence-corrected chi connectivity index (χ1v) is 11.9. The number of carboxylic acid groups (broad SMARTS) is 1. The molecule has 3 aromatic rings. The Morgan fingerprint density at radius 1 is 1.16 bits per heavy atom. The highest BCUT2D eigenvalue weighted by atomic mass is 35.5. The molecule has 7 nitrogen and oxygen atoms in total. The molecule has 0 aliphatic carbocycles. The number of aryl methyl sites for hydroxylation is 1. The van der Waals surface area contributed by atoms with Crippen LogP contribution >= 0.6 is 11.6 Å². The number of imidazole rings is 1. The highest BCUT2D eigenvalue weighted by Gasteiger charge is 2.18. The summed E-state index contributed by atoms with van der Waals surface area (Å²) >= 11 is 5.86. The Morgan fingerprint density at radius 3 is 2.50 bits per heavy atom. The van der Waals surface area contributed by atoms with Gasteiger partial charge >= 0.3 is 5.97 Å². The molecule has 0 radical (unpaired) electrons. The van der Waals surface area contributed by atoms with Crippen LogP contribution in [0.1, 0.15) is 29.9 Å². The number of aromatic nitrogens is 2. The van der Waals surface area contributed by atoms with Crippen LogP contribution in [0.15, 0.2) is 78.2 Å². The highest BCUT2D eigenvalue weighted by Crippen LogP contribution is 2.23. The van der Waals surface area contributed by atoms with E-state index in [1.807, 2.05) is 35.0 Å². The van der Waals surface area contributed by atoms with Crippen molar-refractivity contribution in [1.29, 1.82) is 0 Å². The fraction of sp³-hybridized carbons (Fsp3) is 0.217. The predicted octanol–water partition coefficient (Wildman–Crippen LogP) is 4.18. The summed E-state index contributed by atoms with van der Waals surface area (Å²) in [4.78, 5) is 14.9. The summed E-state index contributed by atoms with van der Waals surface area (Å²) < 4.78 is 30.1. The molecule has 0 aliphatic heterocycles. The van der Waals surface area contributed by atoms with Gasteiger partial charge in [0.15, 0.2) is 0 Å². The summed E-state index contributed by atoms with van der Waals surface area (Å²) in [5.74, 6) is -1.07. The normalized spacial score (nSPS) is 12.8. The van der Waals surface area contributed by atoms with Gasteiger partial charge in [0.05, 0.1) is 11.2 Å². The number of aliphatic carboxylic acids is 1. The minimum atomic E-state index is -3.67. The van der Waals surface area contributed by atoms with Crippen molar-refractivity contribution < 1.29 is 18.3 Å². The average Bonchev–Trinajstić information content (AvgIpc) is 3.29. The van der Waals surface area contributed by atoms with Crippen LogP contribution in [0.4, 0.5) is 0 Å². The Hall–Kier alpha value is -2.94. The summed E-state index contributed by atoms with van der Waals surface area (Å²) in [5.41, 5.74) is 1.73. The van der Waals surface area contributed by atoms with Crippen molar-refractivity contribution in [1.82, 2.24) is 14.3 Å². The lowest BCUT2D eigenvalue weighted by molar-refractivity contribution is -0.131. The van der Waals surface area contributed by atoms with Crippen LogP contribution in [0.5, 0.6) is 0 Å². The summed E-state index contributed by atoms with van der Waals surface area (Å²) in [6.07, 6.45) is 9.56. The fourth-order valence-corrected chi connectivity index (χ4v) is 4.49.